The fourth-order valence-corrected chi connectivity index (χ4v) is 3.65. The van der Waals surface area contributed by atoms with Crippen molar-refractivity contribution in [3.8, 4) is 16.9 Å². The molecule has 0 radical (unpaired) electrons. The Kier molecular flexibility index (Phi) is 5.13. The molecule has 0 aromatic heterocycles. The van der Waals surface area contributed by atoms with Crippen LogP contribution in [-0.4, -0.2) is 32.9 Å². The molecule has 0 atom stereocenters. The van der Waals surface area contributed by atoms with Gasteiger partial charge in [0.15, 0.2) is 0 Å². The van der Waals surface area contributed by atoms with E-state index in [1.54, 1.807) is 49.4 Å². The summed E-state index contributed by atoms with van der Waals surface area (Å²) in [6, 6.07) is 17.5. The Morgan fingerprint density at radius 3 is 2.13 bits per heavy atom. The summed E-state index contributed by atoms with van der Waals surface area (Å²) in [5.41, 5.74) is 4.25. The van der Waals surface area contributed by atoms with Crippen molar-refractivity contribution < 1.29 is 24.6 Å². The molecule has 0 fully saturated rings. The van der Waals surface area contributed by atoms with E-state index in [4.69, 9.17) is 5.11 Å². The molecule has 0 saturated heterocycles. The van der Waals surface area contributed by atoms with E-state index in [9.17, 15) is 19.5 Å². The zero-order valence-electron chi connectivity index (χ0n) is 16.7. The lowest BCUT2D eigenvalue weighted by molar-refractivity contribution is -0.131. The standard InChI is InChI=1S/C25H19NO5/c1-15-12-18(17-9-6-16(7-10-17)8-11-22(27)28)13-19(23(15)29)14-26-24(30)20-4-2-3-5-21(20)25(26)31/h2-13,29H,14H2,1H3,(H,27,28)/b11-8+. The predicted molar refractivity (Wildman–Crippen MR) is 116 cm³/mol. The van der Waals surface area contributed by atoms with Crippen LogP contribution in [0.15, 0.2) is 66.7 Å². The number of imide groups is 1. The maximum Gasteiger partial charge on any atom is 0.328 e. The molecule has 0 bridgehead atoms. The van der Waals surface area contributed by atoms with Gasteiger partial charge in [0.1, 0.15) is 5.75 Å². The van der Waals surface area contributed by atoms with Crippen molar-refractivity contribution in [2.24, 2.45) is 0 Å². The van der Waals surface area contributed by atoms with E-state index >= 15 is 0 Å². The average Bonchev–Trinajstić information content (AvgIpc) is 3.00. The van der Waals surface area contributed by atoms with E-state index in [1.807, 2.05) is 18.2 Å². The molecule has 4 rings (SSSR count). The van der Waals surface area contributed by atoms with Crippen LogP contribution in [0.25, 0.3) is 17.2 Å². The van der Waals surface area contributed by atoms with Gasteiger partial charge in [-0.25, -0.2) is 4.79 Å². The summed E-state index contributed by atoms with van der Waals surface area (Å²) in [6.45, 7) is 1.72. The first-order valence-corrected chi connectivity index (χ1v) is 9.64. The normalized spacial score (nSPS) is 13.1. The van der Waals surface area contributed by atoms with E-state index in [1.165, 1.54) is 6.08 Å². The molecule has 2 amide bonds. The van der Waals surface area contributed by atoms with E-state index in [-0.39, 0.29) is 24.1 Å². The number of benzene rings is 3. The number of hydrogen-bond acceptors (Lipinski definition) is 4. The largest absolute Gasteiger partial charge is 0.507 e. The maximum atomic E-state index is 12.7. The number of carboxylic acid groups (broad SMARTS) is 1. The Hall–Kier alpha value is -4.19. The van der Waals surface area contributed by atoms with Gasteiger partial charge in [-0.05, 0) is 59.5 Å². The second-order valence-electron chi connectivity index (χ2n) is 7.34. The Morgan fingerprint density at radius 2 is 1.55 bits per heavy atom. The number of phenols is 1. The van der Waals surface area contributed by atoms with Crippen molar-refractivity contribution in [1.82, 2.24) is 4.90 Å². The zero-order chi connectivity index (χ0) is 22.1. The molecular weight excluding hydrogens is 394 g/mol. The third-order valence-corrected chi connectivity index (χ3v) is 5.25. The van der Waals surface area contributed by atoms with Crippen molar-refractivity contribution in [2.75, 3.05) is 0 Å². The maximum absolute atomic E-state index is 12.7. The third-order valence-electron chi connectivity index (χ3n) is 5.25. The minimum Gasteiger partial charge on any atom is -0.507 e. The number of carboxylic acids is 1. The highest BCUT2D eigenvalue weighted by Crippen LogP contribution is 2.33. The Labute approximate surface area is 178 Å². The number of phenolic OH excluding ortho intramolecular Hbond substituents is 1. The molecule has 6 nitrogen and oxygen atoms in total. The van der Waals surface area contributed by atoms with E-state index < -0.39 is 5.97 Å². The molecule has 1 aliphatic heterocycles. The molecule has 31 heavy (non-hydrogen) atoms. The topological polar surface area (TPSA) is 94.9 Å². The van der Waals surface area contributed by atoms with Gasteiger partial charge in [0, 0.05) is 11.6 Å². The van der Waals surface area contributed by atoms with Crippen LogP contribution in [-0.2, 0) is 11.3 Å². The number of aromatic hydroxyl groups is 1. The molecular formula is C25H19NO5. The molecule has 0 saturated carbocycles. The summed E-state index contributed by atoms with van der Waals surface area (Å²) >= 11 is 0. The molecule has 1 heterocycles. The summed E-state index contributed by atoms with van der Waals surface area (Å²) in [4.78, 5) is 37.2. The van der Waals surface area contributed by atoms with Crippen molar-refractivity contribution in [3.63, 3.8) is 0 Å². The second kappa shape index (κ2) is 7.91. The molecule has 1 aliphatic rings. The summed E-state index contributed by atoms with van der Waals surface area (Å²) in [6.07, 6.45) is 2.57. The highest BCUT2D eigenvalue weighted by atomic mass is 16.4. The molecule has 3 aromatic carbocycles. The van der Waals surface area contributed by atoms with Crippen LogP contribution in [0.2, 0.25) is 0 Å². The van der Waals surface area contributed by atoms with Gasteiger partial charge in [-0.3, -0.25) is 14.5 Å². The Morgan fingerprint density at radius 1 is 0.935 bits per heavy atom. The monoisotopic (exact) mass is 413 g/mol. The lowest BCUT2D eigenvalue weighted by Crippen LogP contribution is -2.29. The van der Waals surface area contributed by atoms with Gasteiger partial charge in [-0.2, -0.15) is 0 Å². The zero-order valence-corrected chi connectivity index (χ0v) is 16.7. The second-order valence-corrected chi connectivity index (χ2v) is 7.34. The van der Waals surface area contributed by atoms with Crippen molar-refractivity contribution in [2.45, 2.75) is 13.5 Å². The van der Waals surface area contributed by atoms with Crippen molar-refractivity contribution >= 4 is 23.9 Å². The van der Waals surface area contributed by atoms with Crippen LogP contribution in [0, 0.1) is 6.92 Å². The molecule has 3 aromatic rings. The minimum atomic E-state index is -1.02. The number of nitrogens with zero attached hydrogens (tertiary/aromatic N) is 1. The van der Waals surface area contributed by atoms with Crippen molar-refractivity contribution in [1.29, 1.82) is 0 Å². The molecule has 0 aliphatic carbocycles. The number of amides is 2. The summed E-state index contributed by atoms with van der Waals surface area (Å²) < 4.78 is 0. The number of aliphatic carboxylic acids is 1. The number of fused-ring (bicyclic) bond motifs is 1. The van der Waals surface area contributed by atoms with Gasteiger partial charge in [0.05, 0.1) is 17.7 Å². The van der Waals surface area contributed by atoms with Crippen LogP contribution < -0.4 is 0 Å². The highest BCUT2D eigenvalue weighted by Gasteiger charge is 2.35. The fourth-order valence-electron chi connectivity index (χ4n) is 3.65. The first-order chi connectivity index (χ1) is 14.8. The quantitative estimate of drug-likeness (QED) is 0.481. The van der Waals surface area contributed by atoms with Gasteiger partial charge in [-0.15, -0.1) is 0 Å². The number of carbonyl (C=O) groups excluding carboxylic acids is 2. The van der Waals surface area contributed by atoms with E-state index in [2.05, 4.69) is 0 Å². The smallest absolute Gasteiger partial charge is 0.328 e. The Balaban J connectivity index is 1.64. The first kappa shape index (κ1) is 20.1. The average molecular weight is 413 g/mol. The lowest BCUT2D eigenvalue weighted by atomic mass is 9.98. The SMILES string of the molecule is Cc1cc(-c2ccc(/C=C/C(=O)O)cc2)cc(CN2C(=O)c3ccccc3C2=O)c1O. The fraction of sp³-hybridized carbons (Fsp3) is 0.0800. The minimum absolute atomic E-state index is 0.0354. The van der Waals surface area contributed by atoms with Gasteiger partial charge in [-0.1, -0.05) is 36.4 Å². The van der Waals surface area contributed by atoms with Gasteiger partial charge >= 0.3 is 5.97 Å². The predicted octanol–water partition coefficient (Wildman–Crippen LogP) is 4.26. The number of rotatable bonds is 5. The van der Waals surface area contributed by atoms with Crippen LogP contribution in [0.3, 0.4) is 0 Å². The van der Waals surface area contributed by atoms with E-state index in [0.717, 1.165) is 27.7 Å². The molecule has 0 spiro atoms. The highest BCUT2D eigenvalue weighted by molar-refractivity contribution is 6.21. The molecule has 154 valence electrons. The summed E-state index contributed by atoms with van der Waals surface area (Å²) in [7, 11) is 0. The van der Waals surface area contributed by atoms with Gasteiger partial charge < -0.3 is 10.2 Å². The van der Waals surface area contributed by atoms with Gasteiger partial charge in [0.2, 0.25) is 0 Å². The number of carbonyl (C=O) groups is 3. The Bertz CT molecular complexity index is 1210. The lowest BCUT2D eigenvalue weighted by Gasteiger charge is -2.17. The van der Waals surface area contributed by atoms with Crippen LogP contribution >= 0.6 is 0 Å². The van der Waals surface area contributed by atoms with Crippen LogP contribution in [0.4, 0.5) is 0 Å². The summed E-state index contributed by atoms with van der Waals surface area (Å²) in [5, 5.41) is 19.3. The van der Waals surface area contributed by atoms with E-state index in [0.29, 0.717) is 22.3 Å². The van der Waals surface area contributed by atoms with Gasteiger partial charge in [0.25, 0.3) is 11.8 Å². The van der Waals surface area contributed by atoms with Crippen LogP contribution in [0.5, 0.6) is 5.75 Å². The van der Waals surface area contributed by atoms with Crippen LogP contribution in [0.1, 0.15) is 37.4 Å². The molecule has 6 heteroatoms. The molecule has 2 N–H and O–H groups in total. The summed E-state index contributed by atoms with van der Waals surface area (Å²) in [5.74, 6) is -1.73. The number of hydrogen-bond donors (Lipinski definition) is 2. The third kappa shape index (κ3) is 3.83. The number of aryl methyl sites for hydroxylation is 1. The van der Waals surface area contributed by atoms with Crippen molar-refractivity contribution in [3.05, 3.63) is 94.6 Å². The molecule has 0 unspecified atom stereocenters. The first-order valence-electron chi connectivity index (χ1n) is 9.64.